The SMILES string of the molecule is N#CC(=C1C(=C(C#N)c2c(F)c(C#N)c(C#N)c(F)c2C(F)(F)F)C1=C(C#N)c1c(F)c(C#N)c(C#N)c(F)c1C(F)(F)F)c1c(F)c(C#N)c(C#N)c(F)c1C(F)(F)F. The van der Waals surface area contributed by atoms with E-state index in [1.807, 2.05) is 0 Å². The van der Waals surface area contributed by atoms with E-state index in [0.717, 1.165) is 18.2 Å². The van der Waals surface area contributed by atoms with E-state index < -0.39 is 154 Å². The highest BCUT2D eigenvalue weighted by Gasteiger charge is 2.51. The third kappa shape index (κ3) is 6.45. The average Bonchev–Trinajstić information content (AvgIpc) is 3.87. The number of rotatable bonds is 3. The van der Waals surface area contributed by atoms with Gasteiger partial charge in [-0.1, -0.05) is 0 Å². The molecule has 0 spiro atoms. The van der Waals surface area contributed by atoms with Crippen molar-refractivity contribution in [3.63, 3.8) is 0 Å². The van der Waals surface area contributed by atoms with Gasteiger partial charge in [0.15, 0.2) is 34.9 Å². The van der Waals surface area contributed by atoms with Gasteiger partial charge in [-0.05, 0) is 0 Å². The summed E-state index contributed by atoms with van der Waals surface area (Å²) >= 11 is 0. The van der Waals surface area contributed by atoms with Crippen molar-refractivity contribution in [3.05, 3.63) is 118 Å². The second-order valence-corrected chi connectivity index (χ2v) is 11.1. The number of alkyl halides is 9. The van der Waals surface area contributed by atoms with Crippen LogP contribution in [0.15, 0.2) is 16.7 Å². The summed E-state index contributed by atoms with van der Waals surface area (Å²) in [6.07, 6.45) is -18.9. The molecule has 3 aromatic carbocycles. The Labute approximate surface area is 321 Å². The molecule has 0 N–H and O–H groups in total. The highest BCUT2D eigenvalue weighted by molar-refractivity contribution is 6.13. The van der Waals surface area contributed by atoms with Crippen molar-refractivity contribution in [1.29, 1.82) is 47.4 Å². The van der Waals surface area contributed by atoms with Gasteiger partial charge in [-0.25, -0.2) is 26.3 Å². The van der Waals surface area contributed by atoms with Crippen LogP contribution in [-0.4, -0.2) is 0 Å². The van der Waals surface area contributed by atoms with Crippen LogP contribution in [0.5, 0.6) is 0 Å². The van der Waals surface area contributed by atoms with E-state index in [1.54, 1.807) is 0 Å². The number of nitrogens with zero attached hydrogens (tertiary/aromatic N) is 9. The number of benzene rings is 3. The number of hydrogen-bond donors (Lipinski definition) is 0. The molecule has 0 saturated heterocycles. The van der Waals surface area contributed by atoms with Crippen LogP contribution in [0.4, 0.5) is 65.9 Å². The molecule has 9 nitrogen and oxygen atoms in total. The lowest BCUT2D eigenvalue weighted by atomic mass is 9.90. The van der Waals surface area contributed by atoms with Gasteiger partial charge in [0.1, 0.15) is 105 Å². The quantitative estimate of drug-likeness (QED) is 0.181. The third-order valence-corrected chi connectivity index (χ3v) is 8.18. The largest absolute Gasteiger partial charge is 0.420 e. The van der Waals surface area contributed by atoms with E-state index >= 15 is 26.3 Å². The van der Waals surface area contributed by atoms with Gasteiger partial charge in [-0.15, -0.1) is 0 Å². The molecule has 0 aliphatic heterocycles. The van der Waals surface area contributed by atoms with Gasteiger partial charge in [0.05, 0.1) is 16.7 Å². The molecule has 0 aromatic heterocycles. The standard InChI is InChI=1S/C36F15N9/c37-28-10(1-52)13(4-55)31(40)25(34(43,44)45)22(28)16(7-58)19-20(17(8-59)23-26(35(46,47)48)32(41)14(5-56)11(2-53)29(23)38)21(19)18(9-60)24-27(36(49,50)51)33(42)15(6-57)12(3-54)30(24)39. The van der Waals surface area contributed by atoms with Crippen molar-refractivity contribution in [2.45, 2.75) is 18.5 Å². The Kier molecular flexibility index (Phi) is 11.0. The first kappa shape index (κ1) is 44.0. The highest BCUT2D eigenvalue weighted by Crippen LogP contribution is 2.59. The average molecular weight is 843 g/mol. The Balaban J connectivity index is 2.62. The Bertz CT molecular complexity index is 2710. The molecule has 60 heavy (non-hydrogen) atoms. The molecule has 24 heteroatoms. The van der Waals surface area contributed by atoms with Crippen LogP contribution in [0.2, 0.25) is 0 Å². The number of nitriles is 9. The van der Waals surface area contributed by atoms with Crippen molar-refractivity contribution < 1.29 is 65.9 Å². The first-order chi connectivity index (χ1) is 27.9. The molecule has 1 aliphatic rings. The Morgan fingerprint density at radius 1 is 0.300 bits per heavy atom. The van der Waals surface area contributed by atoms with E-state index in [1.165, 1.54) is 0 Å². The minimum Gasteiger partial charge on any atom is -0.205 e. The Morgan fingerprint density at radius 3 is 0.600 bits per heavy atom. The van der Waals surface area contributed by atoms with E-state index in [0.29, 0.717) is 36.4 Å². The predicted molar refractivity (Wildman–Crippen MR) is 160 cm³/mol. The molecule has 0 unspecified atom stereocenters. The fraction of sp³-hybridized carbons (Fsp3) is 0.0833. The van der Waals surface area contributed by atoms with E-state index in [-0.39, 0.29) is 0 Å². The zero-order valence-corrected chi connectivity index (χ0v) is 27.7. The van der Waals surface area contributed by atoms with E-state index in [9.17, 15) is 86.9 Å². The maximum absolute atomic E-state index is 16.0. The predicted octanol–water partition coefficient (Wildman–Crippen LogP) is 9.05. The van der Waals surface area contributed by atoms with Gasteiger partial charge in [0.25, 0.3) is 0 Å². The summed E-state index contributed by atoms with van der Waals surface area (Å²) in [5.74, 6) is -16.7. The molecule has 0 atom stereocenters. The smallest absolute Gasteiger partial charge is 0.205 e. The molecule has 0 bridgehead atoms. The highest BCUT2D eigenvalue weighted by atomic mass is 19.4. The van der Waals surface area contributed by atoms with Crippen LogP contribution in [0.25, 0.3) is 16.7 Å². The van der Waals surface area contributed by atoms with E-state index in [4.69, 9.17) is 0 Å². The lowest BCUT2D eigenvalue weighted by Crippen LogP contribution is -2.17. The van der Waals surface area contributed by atoms with Gasteiger partial charge in [0.2, 0.25) is 0 Å². The lowest BCUT2D eigenvalue weighted by molar-refractivity contribution is -0.141. The van der Waals surface area contributed by atoms with Crippen LogP contribution >= 0.6 is 0 Å². The minimum atomic E-state index is -6.30. The summed E-state index contributed by atoms with van der Waals surface area (Å²) < 4.78 is 224. The molecule has 3 aromatic rings. The topological polar surface area (TPSA) is 214 Å². The van der Waals surface area contributed by atoms with Gasteiger partial charge < -0.3 is 0 Å². The fourth-order valence-corrected chi connectivity index (χ4v) is 5.85. The third-order valence-electron chi connectivity index (χ3n) is 8.18. The number of allylic oxidation sites excluding steroid dienone is 6. The van der Waals surface area contributed by atoms with Crippen LogP contribution in [0.3, 0.4) is 0 Å². The van der Waals surface area contributed by atoms with Crippen molar-refractivity contribution in [2.24, 2.45) is 0 Å². The maximum atomic E-state index is 16.0. The lowest BCUT2D eigenvalue weighted by Gasteiger charge is -2.17. The Hall–Kier alpha value is -8.76. The molecular weight excluding hydrogens is 843 g/mol. The summed E-state index contributed by atoms with van der Waals surface area (Å²) in [4.78, 5) is 0. The first-order valence-electron chi connectivity index (χ1n) is 14.6. The molecule has 0 amide bonds. The zero-order valence-electron chi connectivity index (χ0n) is 27.7. The maximum Gasteiger partial charge on any atom is 0.420 e. The summed E-state index contributed by atoms with van der Waals surface area (Å²) in [5.41, 5.74) is -41.2. The number of halogens is 15. The molecule has 1 fully saturated rings. The molecule has 0 heterocycles. The minimum absolute atomic E-state index is 0.709. The monoisotopic (exact) mass is 843 g/mol. The molecule has 1 saturated carbocycles. The van der Waals surface area contributed by atoms with Crippen LogP contribution in [-0.2, 0) is 18.5 Å². The number of hydrogen-bond acceptors (Lipinski definition) is 9. The van der Waals surface area contributed by atoms with Crippen LogP contribution in [0, 0.1) is 137 Å². The van der Waals surface area contributed by atoms with Crippen molar-refractivity contribution >= 4 is 16.7 Å². The van der Waals surface area contributed by atoms with Crippen molar-refractivity contribution in [2.75, 3.05) is 0 Å². The van der Waals surface area contributed by atoms with Crippen molar-refractivity contribution in [1.82, 2.24) is 0 Å². The Morgan fingerprint density at radius 2 is 0.467 bits per heavy atom. The van der Waals surface area contributed by atoms with Crippen LogP contribution < -0.4 is 0 Å². The summed E-state index contributed by atoms with van der Waals surface area (Å²) in [7, 11) is 0. The van der Waals surface area contributed by atoms with Gasteiger partial charge >= 0.3 is 18.5 Å². The van der Waals surface area contributed by atoms with Crippen LogP contribution in [0.1, 0.15) is 66.8 Å². The molecular formula is C36F15N9. The van der Waals surface area contributed by atoms with Gasteiger partial charge in [-0.2, -0.15) is 86.9 Å². The second kappa shape index (κ2) is 15.0. The molecule has 1 aliphatic carbocycles. The molecule has 4 rings (SSSR count). The van der Waals surface area contributed by atoms with Gasteiger partial charge in [0, 0.05) is 33.4 Å². The summed E-state index contributed by atoms with van der Waals surface area (Å²) in [5, 5.41) is 86.1. The first-order valence-corrected chi connectivity index (χ1v) is 14.6. The van der Waals surface area contributed by atoms with E-state index in [2.05, 4.69) is 0 Å². The second-order valence-electron chi connectivity index (χ2n) is 11.1. The van der Waals surface area contributed by atoms with Gasteiger partial charge in [-0.3, -0.25) is 0 Å². The van der Waals surface area contributed by atoms with Crippen molar-refractivity contribution in [3.8, 4) is 54.6 Å². The summed E-state index contributed by atoms with van der Waals surface area (Å²) in [6, 6.07) is 6.57. The molecule has 0 radical (unpaired) electrons. The normalized spacial score (nSPS) is 12.0. The molecule has 294 valence electrons. The fourth-order valence-electron chi connectivity index (χ4n) is 5.85. The zero-order chi connectivity index (χ0) is 45.7. The summed E-state index contributed by atoms with van der Waals surface area (Å²) in [6.45, 7) is 0.